The smallest absolute Gasteiger partial charge is 0.340 e. The van der Waals surface area contributed by atoms with Crippen LogP contribution in [-0.4, -0.2) is 18.1 Å². The maximum Gasteiger partial charge on any atom is 0.340 e. The molecule has 0 N–H and O–H groups in total. The lowest BCUT2D eigenvalue weighted by molar-refractivity contribution is 0.410. The van der Waals surface area contributed by atoms with Gasteiger partial charge in [0.05, 0.1) is 24.2 Å². The van der Waals surface area contributed by atoms with Gasteiger partial charge in [-0.15, -0.1) is 0 Å². The number of fused-ring (bicyclic) bond motifs is 1. The lowest BCUT2D eigenvalue weighted by atomic mass is 9.97. The van der Waals surface area contributed by atoms with Gasteiger partial charge >= 0.3 is 11.4 Å². The molecule has 22 heavy (non-hydrogen) atoms. The number of rotatable bonds is 1. The fourth-order valence-electron chi connectivity index (χ4n) is 3.60. The molecule has 4 rings (SSSR count). The van der Waals surface area contributed by atoms with Gasteiger partial charge in [-0.05, 0) is 55.6 Å². The molecule has 0 radical (unpaired) electrons. The fourth-order valence-corrected chi connectivity index (χ4v) is 3.60. The highest BCUT2D eigenvalue weighted by molar-refractivity contribution is 5.52. The third-order valence-electron chi connectivity index (χ3n) is 4.79. The van der Waals surface area contributed by atoms with Crippen LogP contribution in [-0.2, 0) is 12.8 Å². The van der Waals surface area contributed by atoms with Gasteiger partial charge in [-0.1, -0.05) is 18.2 Å². The highest BCUT2D eigenvalue weighted by atomic mass is 16.3. The van der Waals surface area contributed by atoms with Gasteiger partial charge in [0, 0.05) is 6.42 Å². The van der Waals surface area contributed by atoms with Crippen LogP contribution in [0.5, 0.6) is 0 Å². The highest BCUT2D eigenvalue weighted by Crippen LogP contribution is 2.23. The average molecular weight is 295 g/mol. The van der Waals surface area contributed by atoms with Gasteiger partial charge < -0.3 is 4.42 Å². The van der Waals surface area contributed by atoms with Gasteiger partial charge in [0.15, 0.2) is 0 Å². The molecule has 0 atom stereocenters. The van der Waals surface area contributed by atoms with E-state index in [0.717, 1.165) is 37.4 Å². The maximum atomic E-state index is 6.18. The van der Waals surface area contributed by atoms with Gasteiger partial charge in [-0.3, -0.25) is 4.58 Å². The lowest BCUT2D eigenvalue weighted by Gasteiger charge is -2.16. The molecule has 2 aromatic rings. The van der Waals surface area contributed by atoms with Crippen molar-refractivity contribution in [2.24, 2.45) is 0 Å². The second-order valence-corrected chi connectivity index (χ2v) is 6.37. The molecule has 3 nitrogen and oxygen atoms in total. The van der Waals surface area contributed by atoms with Gasteiger partial charge in [0.25, 0.3) is 0 Å². The predicted molar refractivity (Wildman–Crippen MR) is 87.4 cm³/mol. The number of hydrogen-bond donors (Lipinski definition) is 0. The van der Waals surface area contributed by atoms with E-state index in [4.69, 9.17) is 9.40 Å². The lowest BCUT2D eigenvalue weighted by Crippen LogP contribution is -2.40. The van der Waals surface area contributed by atoms with Crippen LogP contribution < -0.4 is 10.1 Å². The molecule has 0 amide bonds. The summed E-state index contributed by atoms with van der Waals surface area (Å²) in [6.45, 7) is 2.27. The monoisotopic (exact) mass is 295 g/mol. The quantitative estimate of drug-likeness (QED) is 0.756. The van der Waals surface area contributed by atoms with E-state index >= 15 is 0 Å². The Morgan fingerprint density at radius 2 is 1.64 bits per heavy atom. The minimum Gasteiger partial charge on any atom is -0.424 e. The van der Waals surface area contributed by atoms with E-state index in [0.29, 0.717) is 0 Å². The zero-order chi connectivity index (χ0) is 14.8. The zero-order valence-electron chi connectivity index (χ0n) is 13.1. The van der Waals surface area contributed by atoms with Crippen molar-refractivity contribution >= 4 is 0 Å². The van der Waals surface area contributed by atoms with E-state index in [9.17, 15) is 0 Å². The third-order valence-corrected chi connectivity index (χ3v) is 4.79. The second-order valence-electron chi connectivity index (χ2n) is 6.37. The van der Waals surface area contributed by atoms with Gasteiger partial charge in [0.1, 0.15) is 5.76 Å². The van der Waals surface area contributed by atoms with Crippen LogP contribution in [0.3, 0.4) is 0 Å². The summed E-state index contributed by atoms with van der Waals surface area (Å²) >= 11 is 0. The molecule has 1 fully saturated rings. The molecule has 3 heteroatoms. The first-order valence-corrected chi connectivity index (χ1v) is 8.58. The summed E-state index contributed by atoms with van der Waals surface area (Å²) in [7, 11) is 0. The summed E-state index contributed by atoms with van der Waals surface area (Å²) in [4.78, 5) is 4.94. The summed E-state index contributed by atoms with van der Waals surface area (Å²) < 4.78 is 8.66. The van der Waals surface area contributed by atoms with Crippen LogP contribution in [0.4, 0.5) is 0 Å². The molecule has 1 aliphatic carbocycles. The molecule has 0 bridgehead atoms. The van der Waals surface area contributed by atoms with Crippen molar-refractivity contribution in [1.29, 1.82) is 0 Å². The Hall–Kier alpha value is -1.90. The Labute approximate surface area is 131 Å². The Morgan fingerprint density at radius 1 is 0.864 bits per heavy atom. The number of piperidine rings is 1. The molecule has 1 saturated heterocycles. The van der Waals surface area contributed by atoms with Crippen molar-refractivity contribution in [2.75, 3.05) is 13.1 Å². The first kappa shape index (κ1) is 13.7. The van der Waals surface area contributed by atoms with Crippen molar-refractivity contribution in [3.8, 4) is 11.5 Å². The van der Waals surface area contributed by atoms with Crippen LogP contribution in [0, 0.1) is 0 Å². The minimum atomic E-state index is 0.779. The fraction of sp³-hybridized carbons (Fsp3) is 0.474. The van der Waals surface area contributed by atoms with Crippen LogP contribution in [0.25, 0.3) is 11.5 Å². The van der Waals surface area contributed by atoms with E-state index in [1.54, 1.807) is 0 Å². The standard InChI is InChI=1S/C19H23N2O/c1-3-9-15(10-4-1)19-20-18(21-13-7-2-8-14-21)16-11-5-6-12-17(16)22-19/h1,3-4,9-10H,2,5-8,11-14H2/q+1. The molecule has 1 aromatic carbocycles. The SMILES string of the molecule is c1ccc(-c2nc(=[N+]3CCCCC3)c3c(o2)CCCC3)cc1. The molecule has 0 spiro atoms. The minimum absolute atomic E-state index is 0.779. The summed E-state index contributed by atoms with van der Waals surface area (Å²) in [5.41, 5.74) is 3.64. The second kappa shape index (κ2) is 6.07. The van der Waals surface area contributed by atoms with Gasteiger partial charge in [-0.25, -0.2) is 0 Å². The van der Waals surface area contributed by atoms with Crippen molar-refractivity contribution in [3.63, 3.8) is 0 Å². The van der Waals surface area contributed by atoms with Crippen molar-refractivity contribution in [1.82, 2.24) is 9.56 Å². The largest absolute Gasteiger partial charge is 0.424 e. The molecule has 2 aliphatic rings. The van der Waals surface area contributed by atoms with Gasteiger partial charge in [-0.2, -0.15) is 0 Å². The molecule has 1 aromatic heterocycles. The van der Waals surface area contributed by atoms with Crippen LogP contribution in [0.15, 0.2) is 34.7 Å². The normalized spacial score (nSPS) is 18.1. The molecular formula is C19H23N2O+. The number of benzene rings is 1. The topological polar surface area (TPSA) is 29.0 Å². The van der Waals surface area contributed by atoms with E-state index < -0.39 is 0 Å². The Balaban J connectivity index is 1.92. The van der Waals surface area contributed by atoms with Crippen LogP contribution >= 0.6 is 0 Å². The van der Waals surface area contributed by atoms with Crippen molar-refractivity contribution in [3.05, 3.63) is 47.1 Å². The molecule has 1 aliphatic heterocycles. The van der Waals surface area contributed by atoms with E-state index in [1.165, 1.54) is 48.9 Å². The summed E-state index contributed by atoms with van der Waals surface area (Å²) in [6.07, 6.45) is 8.57. The number of nitrogens with zero attached hydrogens (tertiary/aromatic N) is 2. The van der Waals surface area contributed by atoms with E-state index in [1.807, 2.05) is 18.2 Å². The van der Waals surface area contributed by atoms with Crippen molar-refractivity contribution in [2.45, 2.75) is 44.9 Å². The summed E-state index contributed by atoms with van der Waals surface area (Å²) in [5.74, 6) is 1.95. The first-order chi connectivity index (χ1) is 10.9. The Kier molecular flexibility index (Phi) is 3.79. The number of hydrogen-bond acceptors (Lipinski definition) is 2. The zero-order valence-corrected chi connectivity index (χ0v) is 13.1. The molecule has 2 heterocycles. The van der Waals surface area contributed by atoms with Crippen LogP contribution in [0.2, 0.25) is 0 Å². The first-order valence-electron chi connectivity index (χ1n) is 8.58. The molecular weight excluding hydrogens is 272 g/mol. The van der Waals surface area contributed by atoms with Crippen molar-refractivity contribution < 1.29 is 4.42 Å². The van der Waals surface area contributed by atoms with Crippen LogP contribution in [0.1, 0.15) is 43.4 Å². The summed E-state index contributed by atoms with van der Waals surface area (Å²) in [6, 6.07) is 10.3. The predicted octanol–water partition coefficient (Wildman–Crippen LogP) is 3.18. The third kappa shape index (κ3) is 2.60. The number of aromatic nitrogens is 1. The molecule has 114 valence electrons. The van der Waals surface area contributed by atoms with Gasteiger partial charge in [0.2, 0.25) is 0 Å². The molecule has 0 saturated carbocycles. The Bertz CT molecular complexity index is 723. The Morgan fingerprint density at radius 3 is 2.45 bits per heavy atom. The van der Waals surface area contributed by atoms with E-state index in [-0.39, 0.29) is 0 Å². The van der Waals surface area contributed by atoms with E-state index in [2.05, 4.69) is 16.7 Å². The molecule has 0 unspecified atom stereocenters. The summed E-state index contributed by atoms with van der Waals surface area (Å²) in [5, 5.41) is 0. The highest BCUT2D eigenvalue weighted by Gasteiger charge is 2.24. The average Bonchev–Trinajstić information content (AvgIpc) is 2.62. The number of aryl methyl sites for hydroxylation is 1. The maximum absolute atomic E-state index is 6.18.